The summed E-state index contributed by atoms with van der Waals surface area (Å²) < 4.78 is 25.3. The first-order valence-corrected chi connectivity index (χ1v) is 9.39. The second-order valence-corrected chi connectivity index (χ2v) is 7.95. The van der Waals surface area contributed by atoms with E-state index in [9.17, 15) is 13.5 Å². The molecule has 1 N–H and O–H groups in total. The van der Waals surface area contributed by atoms with Gasteiger partial charge in [0.1, 0.15) is 5.75 Å². The fraction of sp³-hybridized carbons (Fsp3) is 0.158. The topological polar surface area (TPSA) is 57.6 Å². The third-order valence-corrected chi connectivity index (χ3v) is 5.37. The Morgan fingerprint density at radius 1 is 1.00 bits per heavy atom. The number of anilines is 1. The number of aryl methyl sites for hydroxylation is 1. The van der Waals surface area contributed by atoms with Crippen LogP contribution in [-0.4, -0.2) is 26.8 Å². The van der Waals surface area contributed by atoms with Gasteiger partial charge in [0.25, 0.3) is 0 Å². The molecular formula is C19H19NO3S. The first kappa shape index (κ1) is 16.3. The maximum absolute atomic E-state index is 12.1. The highest BCUT2D eigenvalue weighted by Gasteiger charge is 2.21. The highest BCUT2D eigenvalue weighted by atomic mass is 32.2. The van der Waals surface area contributed by atoms with Crippen LogP contribution in [0.15, 0.2) is 54.6 Å². The van der Waals surface area contributed by atoms with Gasteiger partial charge in [-0.25, -0.2) is 8.42 Å². The molecule has 0 saturated heterocycles. The minimum Gasteiger partial charge on any atom is -0.507 e. The Labute approximate surface area is 142 Å². The summed E-state index contributed by atoms with van der Waals surface area (Å²) in [6, 6.07) is 16.8. The number of hydrogen-bond acceptors (Lipinski definition) is 3. The summed E-state index contributed by atoms with van der Waals surface area (Å²) in [7, 11) is -1.96. The first-order chi connectivity index (χ1) is 11.3. The molecular weight excluding hydrogens is 322 g/mol. The van der Waals surface area contributed by atoms with Crippen molar-refractivity contribution in [1.29, 1.82) is 0 Å². The molecule has 0 aromatic heterocycles. The Hall–Kier alpha value is -2.53. The number of benzene rings is 3. The lowest BCUT2D eigenvalue weighted by molar-refractivity contribution is 0.483. The lowest BCUT2D eigenvalue weighted by Crippen LogP contribution is -2.25. The maximum atomic E-state index is 12.1. The fourth-order valence-electron chi connectivity index (χ4n) is 2.75. The second kappa shape index (κ2) is 5.83. The largest absolute Gasteiger partial charge is 0.507 e. The van der Waals surface area contributed by atoms with E-state index in [0.29, 0.717) is 16.6 Å². The quantitative estimate of drug-likeness (QED) is 0.785. The van der Waals surface area contributed by atoms with Crippen molar-refractivity contribution in [2.75, 3.05) is 17.6 Å². The minimum atomic E-state index is -3.46. The summed E-state index contributed by atoms with van der Waals surface area (Å²) in [4.78, 5) is 0. The van der Waals surface area contributed by atoms with Crippen LogP contribution >= 0.6 is 0 Å². The van der Waals surface area contributed by atoms with Gasteiger partial charge in [0.15, 0.2) is 0 Å². The van der Waals surface area contributed by atoms with Gasteiger partial charge in [-0.3, -0.25) is 4.31 Å². The number of phenolic OH excluding ortho intramolecular Hbond substituents is 1. The molecule has 0 spiro atoms. The average Bonchev–Trinajstić information content (AvgIpc) is 2.54. The van der Waals surface area contributed by atoms with E-state index in [1.807, 2.05) is 55.5 Å². The van der Waals surface area contributed by atoms with Crippen molar-refractivity contribution in [3.8, 4) is 16.9 Å². The molecule has 0 aliphatic heterocycles. The van der Waals surface area contributed by atoms with E-state index in [0.717, 1.165) is 22.8 Å². The van der Waals surface area contributed by atoms with Crippen LogP contribution < -0.4 is 4.31 Å². The highest BCUT2D eigenvalue weighted by molar-refractivity contribution is 7.92. The van der Waals surface area contributed by atoms with Gasteiger partial charge in [-0.1, -0.05) is 54.1 Å². The first-order valence-electron chi connectivity index (χ1n) is 7.54. The summed E-state index contributed by atoms with van der Waals surface area (Å²) >= 11 is 0. The fourth-order valence-corrected chi connectivity index (χ4v) is 3.25. The Balaban J connectivity index is 2.39. The van der Waals surface area contributed by atoms with Gasteiger partial charge in [0.05, 0.1) is 11.9 Å². The normalized spacial score (nSPS) is 11.6. The van der Waals surface area contributed by atoms with E-state index in [1.54, 1.807) is 6.07 Å². The molecule has 0 heterocycles. The zero-order chi connectivity index (χ0) is 17.5. The molecule has 0 unspecified atom stereocenters. The van der Waals surface area contributed by atoms with Crippen LogP contribution in [0.1, 0.15) is 5.56 Å². The van der Waals surface area contributed by atoms with Crippen molar-refractivity contribution in [3.05, 3.63) is 60.2 Å². The van der Waals surface area contributed by atoms with Crippen LogP contribution in [0.5, 0.6) is 5.75 Å². The van der Waals surface area contributed by atoms with Gasteiger partial charge >= 0.3 is 0 Å². The molecule has 5 heteroatoms. The molecule has 0 atom stereocenters. The molecule has 0 saturated carbocycles. The van der Waals surface area contributed by atoms with Gasteiger partial charge < -0.3 is 5.11 Å². The van der Waals surface area contributed by atoms with Crippen LogP contribution in [0.2, 0.25) is 0 Å². The summed E-state index contributed by atoms with van der Waals surface area (Å²) in [5.74, 6) is 0.0856. The number of hydrogen-bond donors (Lipinski definition) is 1. The predicted octanol–water partition coefficient (Wildman–Crippen LogP) is 3.92. The van der Waals surface area contributed by atoms with E-state index in [-0.39, 0.29) is 5.75 Å². The number of rotatable bonds is 3. The lowest BCUT2D eigenvalue weighted by Gasteiger charge is -2.22. The predicted molar refractivity (Wildman–Crippen MR) is 99.0 cm³/mol. The molecule has 3 rings (SSSR count). The molecule has 3 aromatic rings. The molecule has 0 amide bonds. The molecule has 4 nitrogen and oxygen atoms in total. The Bertz CT molecular complexity index is 1010. The number of nitrogens with zero attached hydrogens (tertiary/aromatic N) is 1. The van der Waals surface area contributed by atoms with E-state index >= 15 is 0 Å². The molecule has 0 bridgehead atoms. The van der Waals surface area contributed by atoms with Gasteiger partial charge in [0, 0.05) is 18.0 Å². The number of sulfonamides is 1. The standard InChI is InChI=1S/C19H19NO3S/c1-13-8-10-14(11-9-13)18-17(20(2)24(3,22)23)12-15-6-4-5-7-16(15)19(18)21/h4-12,21H,1-3H3. The third kappa shape index (κ3) is 2.83. The summed E-state index contributed by atoms with van der Waals surface area (Å²) in [5, 5.41) is 12.3. The van der Waals surface area contributed by atoms with Crippen molar-refractivity contribution in [1.82, 2.24) is 0 Å². The van der Waals surface area contributed by atoms with Gasteiger partial charge in [0.2, 0.25) is 10.0 Å². The number of phenols is 1. The van der Waals surface area contributed by atoms with Crippen molar-refractivity contribution < 1.29 is 13.5 Å². The van der Waals surface area contributed by atoms with Crippen molar-refractivity contribution in [2.24, 2.45) is 0 Å². The van der Waals surface area contributed by atoms with E-state index in [4.69, 9.17) is 0 Å². The molecule has 0 aliphatic rings. The maximum Gasteiger partial charge on any atom is 0.232 e. The Kier molecular flexibility index (Phi) is 3.97. The van der Waals surface area contributed by atoms with Crippen LogP contribution in [0.4, 0.5) is 5.69 Å². The zero-order valence-electron chi connectivity index (χ0n) is 13.8. The number of fused-ring (bicyclic) bond motifs is 1. The Morgan fingerprint density at radius 3 is 2.25 bits per heavy atom. The highest BCUT2D eigenvalue weighted by Crippen LogP contribution is 2.43. The molecule has 0 fully saturated rings. The van der Waals surface area contributed by atoms with Crippen molar-refractivity contribution in [3.63, 3.8) is 0 Å². The van der Waals surface area contributed by atoms with Crippen LogP contribution in [0, 0.1) is 6.92 Å². The van der Waals surface area contributed by atoms with Crippen LogP contribution in [-0.2, 0) is 10.0 Å². The molecule has 0 aliphatic carbocycles. The molecule has 24 heavy (non-hydrogen) atoms. The van der Waals surface area contributed by atoms with E-state index < -0.39 is 10.0 Å². The van der Waals surface area contributed by atoms with Crippen LogP contribution in [0.25, 0.3) is 21.9 Å². The lowest BCUT2D eigenvalue weighted by atomic mass is 9.97. The smallest absolute Gasteiger partial charge is 0.232 e. The van der Waals surface area contributed by atoms with Crippen LogP contribution in [0.3, 0.4) is 0 Å². The Morgan fingerprint density at radius 2 is 1.62 bits per heavy atom. The molecule has 3 aromatic carbocycles. The minimum absolute atomic E-state index is 0.0856. The summed E-state index contributed by atoms with van der Waals surface area (Å²) in [5.41, 5.74) is 2.84. The average molecular weight is 341 g/mol. The van der Waals surface area contributed by atoms with Gasteiger partial charge in [-0.15, -0.1) is 0 Å². The summed E-state index contributed by atoms with van der Waals surface area (Å²) in [6.07, 6.45) is 1.15. The monoisotopic (exact) mass is 341 g/mol. The SMILES string of the molecule is Cc1ccc(-c2c(N(C)S(C)(=O)=O)cc3ccccc3c2O)cc1. The number of aromatic hydroxyl groups is 1. The van der Waals surface area contributed by atoms with Crippen molar-refractivity contribution in [2.45, 2.75) is 6.92 Å². The third-order valence-electron chi connectivity index (χ3n) is 4.18. The van der Waals surface area contributed by atoms with E-state index in [1.165, 1.54) is 11.4 Å². The molecule has 124 valence electrons. The van der Waals surface area contributed by atoms with Gasteiger partial charge in [-0.05, 0) is 23.9 Å². The molecule has 0 radical (unpaired) electrons. The summed E-state index contributed by atoms with van der Waals surface area (Å²) in [6.45, 7) is 1.98. The second-order valence-electron chi connectivity index (χ2n) is 5.94. The zero-order valence-corrected chi connectivity index (χ0v) is 14.6. The van der Waals surface area contributed by atoms with E-state index in [2.05, 4.69) is 0 Å². The van der Waals surface area contributed by atoms with Crippen molar-refractivity contribution >= 4 is 26.5 Å². The van der Waals surface area contributed by atoms with Gasteiger partial charge in [-0.2, -0.15) is 0 Å².